The van der Waals surface area contributed by atoms with Crippen molar-refractivity contribution in [3.63, 3.8) is 0 Å². The average molecular weight is 1010 g/mol. The Morgan fingerprint density at radius 2 is 0.486 bits per heavy atom. The molecule has 0 aliphatic heterocycles. The third kappa shape index (κ3) is 51.3. The summed E-state index contributed by atoms with van der Waals surface area (Å²) in [7, 11) is -4.59. The molecule has 0 fully saturated rings. The van der Waals surface area contributed by atoms with Gasteiger partial charge in [0.1, 0.15) is 15.6 Å². The zero-order chi connectivity index (χ0) is 56.1. The minimum atomic E-state index is -2.92. The number of hydrogen-bond donors (Lipinski definition) is 1. The third-order valence-electron chi connectivity index (χ3n) is 8.61. The van der Waals surface area contributed by atoms with Crippen LogP contribution in [-0.2, 0) is 51.7 Å². The van der Waals surface area contributed by atoms with Gasteiger partial charge in [0.15, 0.2) is 0 Å². The number of nitrogens with one attached hydrogen (secondary N) is 1. The van der Waals surface area contributed by atoms with E-state index in [-0.39, 0.29) is 5.78 Å². The van der Waals surface area contributed by atoms with Crippen LogP contribution in [0, 0.1) is 0 Å². The number of rotatable bonds is 2. The van der Waals surface area contributed by atoms with Crippen LogP contribution in [0.15, 0.2) is 152 Å². The Kier molecular flexibility index (Phi) is 40.6. The molecule has 5 aromatic carbocycles. The van der Waals surface area contributed by atoms with Gasteiger partial charge in [-0.15, -0.1) is 0 Å². The standard InChI is InChI=1S/5C10H14.C3H9NO2S.C3H6O.C2H6O2S.2CH3F/c5*1-10(2,3)9-7-5-4-6-8-9;1-3-4-7(2,5)6;1-3(2)4;1-5(2,3)4;2*1-2/h5*4-8H,1-3H3;4H,3H2,1-2H3;1-2H3;1-2H3;2*1H3. The van der Waals surface area contributed by atoms with E-state index in [0.29, 0.717) is 48.0 Å². The fourth-order valence-electron chi connectivity index (χ4n) is 4.95. The quantitative estimate of drug-likeness (QED) is 0.190. The van der Waals surface area contributed by atoms with Gasteiger partial charge < -0.3 is 4.79 Å². The number of Topliss-reactive ketones (excluding diaryl/α,β-unsaturated/α-hetero) is 1. The molecular weight excluding hydrogens is 917 g/mol. The minimum absolute atomic E-state index is 0.167. The van der Waals surface area contributed by atoms with Crippen molar-refractivity contribution in [2.75, 3.05) is 39.7 Å². The zero-order valence-corrected chi connectivity index (χ0v) is 49.4. The van der Waals surface area contributed by atoms with Gasteiger partial charge in [-0.25, -0.2) is 21.6 Å². The van der Waals surface area contributed by atoms with Crippen LogP contribution in [0.1, 0.15) is 152 Å². The minimum Gasteiger partial charge on any atom is -0.300 e. The zero-order valence-electron chi connectivity index (χ0n) is 47.8. The molecule has 0 heterocycles. The Balaban J connectivity index is -0.000000231. The molecule has 0 atom stereocenters. The normalized spacial score (nSPS) is 10.8. The van der Waals surface area contributed by atoms with Gasteiger partial charge in [0, 0.05) is 19.1 Å². The number of alkyl halides is 2. The Labute approximate surface area is 429 Å². The first-order valence-electron chi connectivity index (χ1n) is 23.4. The van der Waals surface area contributed by atoms with Crippen molar-refractivity contribution >= 4 is 25.6 Å². The molecule has 0 aliphatic carbocycles. The van der Waals surface area contributed by atoms with E-state index < -0.39 is 19.9 Å². The van der Waals surface area contributed by atoms with Crippen molar-refractivity contribution in [1.29, 1.82) is 0 Å². The molecule has 5 rings (SSSR count). The number of carbonyl (C=O) groups excluding carboxylic acids is 1. The monoisotopic (exact) mass is 1010 g/mol. The average Bonchev–Trinajstić information content (AvgIpc) is 3.25. The number of sulfone groups is 1. The molecule has 0 bridgehead atoms. The molecule has 70 heavy (non-hydrogen) atoms. The van der Waals surface area contributed by atoms with Crippen LogP contribution in [0.2, 0.25) is 0 Å². The second-order valence-electron chi connectivity index (χ2n) is 21.4. The molecule has 10 heteroatoms. The molecular formula is C60H97F2NO5S2. The molecule has 0 aliphatic rings. The lowest BCUT2D eigenvalue weighted by molar-refractivity contribution is -0.115. The number of carbonyl (C=O) groups is 1. The maximum Gasteiger partial charge on any atom is 0.208 e. The maximum absolute atomic E-state index is 10.1. The van der Waals surface area contributed by atoms with Gasteiger partial charge in [0.2, 0.25) is 10.0 Å². The lowest BCUT2D eigenvalue weighted by Gasteiger charge is -2.18. The number of halogens is 2. The van der Waals surface area contributed by atoms with E-state index in [1.807, 2.05) is 0 Å². The lowest BCUT2D eigenvalue weighted by Crippen LogP contribution is -2.20. The largest absolute Gasteiger partial charge is 0.300 e. The fraction of sp³-hybridized carbons (Fsp3) is 0.483. The molecule has 5 aromatic rings. The van der Waals surface area contributed by atoms with Crippen LogP contribution in [0.4, 0.5) is 8.78 Å². The Bertz CT molecular complexity index is 1890. The first kappa shape index (κ1) is 74.4. The lowest BCUT2D eigenvalue weighted by atomic mass is 9.87. The highest BCUT2D eigenvalue weighted by atomic mass is 32.2. The summed E-state index contributed by atoms with van der Waals surface area (Å²) < 4.78 is 60.8. The first-order valence-corrected chi connectivity index (χ1v) is 27.6. The van der Waals surface area contributed by atoms with E-state index in [1.54, 1.807) is 6.92 Å². The second-order valence-corrected chi connectivity index (χ2v) is 25.5. The summed E-state index contributed by atoms with van der Waals surface area (Å²) in [4.78, 5) is 9.44. The molecule has 0 spiro atoms. The summed E-state index contributed by atoms with van der Waals surface area (Å²) in [6.45, 7) is 38.6. The number of sulfonamides is 1. The van der Waals surface area contributed by atoms with Gasteiger partial charge in [0.25, 0.3) is 0 Å². The van der Waals surface area contributed by atoms with Gasteiger partial charge in [-0.3, -0.25) is 8.78 Å². The Morgan fingerprint density at radius 3 is 0.529 bits per heavy atom. The molecule has 0 radical (unpaired) electrons. The van der Waals surface area contributed by atoms with E-state index in [0.717, 1.165) is 18.8 Å². The molecule has 398 valence electrons. The highest BCUT2D eigenvalue weighted by Gasteiger charge is 2.14. The van der Waals surface area contributed by atoms with Gasteiger partial charge in [-0.2, -0.15) is 0 Å². The van der Waals surface area contributed by atoms with E-state index in [2.05, 4.69) is 260 Å². The highest BCUT2D eigenvalue weighted by Crippen LogP contribution is 2.23. The van der Waals surface area contributed by atoms with Crippen molar-refractivity contribution in [1.82, 2.24) is 4.72 Å². The van der Waals surface area contributed by atoms with Crippen molar-refractivity contribution in [2.24, 2.45) is 0 Å². The van der Waals surface area contributed by atoms with Crippen LogP contribution in [-0.4, -0.2) is 62.3 Å². The summed E-state index contributed by atoms with van der Waals surface area (Å²) in [5.41, 5.74) is 8.46. The molecule has 0 amide bonds. The van der Waals surface area contributed by atoms with Crippen LogP contribution in [0.25, 0.3) is 0 Å². The van der Waals surface area contributed by atoms with Crippen LogP contribution >= 0.6 is 0 Å². The van der Waals surface area contributed by atoms with Crippen molar-refractivity contribution in [2.45, 2.75) is 152 Å². The number of ketones is 1. The van der Waals surface area contributed by atoms with E-state index in [4.69, 9.17) is 0 Å². The van der Waals surface area contributed by atoms with Crippen molar-refractivity contribution < 1.29 is 30.4 Å². The number of benzene rings is 5. The Morgan fingerprint density at radius 1 is 0.371 bits per heavy atom. The van der Waals surface area contributed by atoms with E-state index in [9.17, 15) is 30.4 Å². The molecule has 6 nitrogen and oxygen atoms in total. The summed E-state index contributed by atoms with van der Waals surface area (Å²) >= 11 is 0. The summed E-state index contributed by atoms with van der Waals surface area (Å²) in [6, 6.07) is 52.8. The summed E-state index contributed by atoms with van der Waals surface area (Å²) in [6.07, 6.45) is 3.45. The molecule has 0 unspecified atom stereocenters. The third-order valence-corrected chi connectivity index (χ3v) is 9.42. The molecule has 0 saturated heterocycles. The topological polar surface area (TPSA) is 97.4 Å². The van der Waals surface area contributed by atoms with Gasteiger partial charge in [0.05, 0.1) is 20.6 Å². The Hall–Kier alpha value is -4.51. The van der Waals surface area contributed by atoms with Gasteiger partial charge >= 0.3 is 0 Å². The molecule has 0 aromatic heterocycles. The predicted octanol–water partition coefficient (Wildman–Crippen LogP) is 15.9. The SMILES string of the molecule is CC(C)(C)c1ccccc1.CC(C)(C)c1ccccc1.CC(C)(C)c1ccccc1.CC(C)(C)c1ccccc1.CC(C)(C)c1ccccc1.CC(C)=O.CCNS(C)(=O)=O.CF.CF.CS(C)(=O)=O. The summed E-state index contributed by atoms with van der Waals surface area (Å²) in [5.74, 6) is 0.167. The van der Waals surface area contributed by atoms with Crippen molar-refractivity contribution in [3.05, 3.63) is 179 Å². The van der Waals surface area contributed by atoms with Crippen LogP contribution in [0.3, 0.4) is 0 Å². The second kappa shape index (κ2) is 38.2. The smallest absolute Gasteiger partial charge is 0.208 e. The van der Waals surface area contributed by atoms with E-state index >= 15 is 0 Å². The maximum atomic E-state index is 10.1. The van der Waals surface area contributed by atoms with Gasteiger partial charge in [-0.05, 0) is 68.7 Å². The van der Waals surface area contributed by atoms with Crippen molar-refractivity contribution in [3.8, 4) is 0 Å². The molecule has 1 N–H and O–H groups in total. The van der Waals surface area contributed by atoms with Crippen LogP contribution in [0.5, 0.6) is 0 Å². The number of hydrogen-bond acceptors (Lipinski definition) is 5. The van der Waals surface area contributed by atoms with Crippen LogP contribution < -0.4 is 4.72 Å². The fourth-order valence-corrected chi connectivity index (χ4v) is 5.48. The molecule has 0 saturated carbocycles. The highest BCUT2D eigenvalue weighted by molar-refractivity contribution is 7.90. The first-order chi connectivity index (χ1) is 31.8. The predicted molar refractivity (Wildman–Crippen MR) is 305 cm³/mol. The summed E-state index contributed by atoms with van der Waals surface area (Å²) in [5, 5.41) is 0. The van der Waals surface area contributed by atoms with Gasteiger partial charge in [-0.1, -0.05) is 262 Å². The van der Waals surface area contributed by atoms with E-state index in [1.165, 1.54) is 41.7 Å².